The van der Waals surface area contributed by atoms with Crippen LogP contribution < -0.4 is 14.2 Å². The molecule has 7 nitrogen and oxygen atoms in total. The summed E-state index contributed by atoms with van der Waals surface area (Å²) in [4.78, 5) is 39.3. The zero-order valence-corrected chi connectivity index (χ0v) is 21.1. The Morgan fingerprint density at radius 2 is 1.81 bits per heavy atom. The molecule has 0 bridgehead atoms. The highest BCUT2D eigenvalue weighted by molar-refractivity contribution is 8.18. The van der Waals surface area contributed by atoms with Crippen LogP contribution in [0.3, 0.4) is 0 Å². The summed E-state index contributed by atoms with van der Waals surface area (Å²) in [6.45, 7) is 2.27. The highest BCUT2D eigenvalue weighted by Gasteiger charge is 2.34. The number of carbonyl (C=O) groups is 3. The topological polar surface area (TPSA) is 82.1 Å². The fourth-order valence-electron chi connectivity index (χ4n) is 3.41. The van der Waals surface area contributed by atoms with Gasteiger partial charge in [0.1, 0.15) is 12.4 Å². The average Bonchev–Trinajstić information content (AvgIpc) is 3.12. The van der Waals surface area contributed by atoms with Gasteiger partial charge in [-0.05, 0) is 84.4 Å². The van der Waals surface area contributed by atoms with Gasteiger partial charge in [-0.3, -0.25) is 14.5 Å². The van der Waals surface area contributed by atoms with Gasteiger partial charge in [-0.25, -0.2) is 4.79 Å². The van der Waals surface area contributed by atoms with E-state index in [0.29, 0.717) is 27.6 Å². The minimum Gasteiger partial charge on any atom is -0.493 e. The van der Waals surface area contributed by atoms with Gasteiger partial charge < -0.3 is 14.2 Å². The number of aryl methyl sites for hydroxylation is 1. The van der Waals surface area contributed by atoms with E-state index in [2.05, 4.69) is 0 Å². The van der Waals surface area contributed by atoms with E-state index in [1.165, 1.54) is 7.11 Å². The number of ether oxygens (including phenoxy) is 3. The second-order valence-corrected chi connectivity index (χ2v) is 9.23. The number of amides is 2. The molecule has 9 heteroatoms. The van der Waals surface area contributed by atoms with Gasteiger partial charge in [-0.1, -0.05) is 29.8 Å². The molecule has 0 aliphatic carbocycles. The van der Waals surface area contributed by atoms with Gasteiger partial charge in [0.15, 0.2) is 11.5 Å². The Morgan fingerprint density at radius 3 is 2.53 bits per heavy atom. The number of rotatable bonds is 8. The maximum absolute atomic E-state index is 12.9. The van der Waals surface area contributed by atoms with Gasteiger partial charge in [-0.2, -0.15) is 0 Å². The van der Waals surface area contributed by atoms with Crippen molar-refractivity contribution in [3.63, 3.8) is 0 Å². The molecule has 0 spiro atoms. The molecule has 0 N–H and O–H groups in total. The number of halogens is 1. The van der Waals surface area contributed by atoms with Gasteiger partial charge in [0.25, 0.3) is 11.1 Å². The molecule has 2 amide bonds. The largest absolute Gasteiger partial charge is 0.493 e. The molecule has 36 heavy (non-hydrogen) atoms. The van der Waals surface area contributed by atoms with Crippen molar-refractivity contribution in [3.8, 4) is 17.2 Å². The van der Waals surface area contributed by atoms with E-state index >= 15 is 0 Å². The maximum atomic E-state index is 12.9. The maximum Gasteiger partial charge on any atom is 0.343 e. The Hall–Kier alpha value is -3.75. The van der Waals surface area contributed by atoms with Crippen molar-refractivity contribution < 1.29 is 28.6 Å². The highest BCUT2D eigenvalue weighted by Crippen LogP contribution is 2.35. The van der Waals surface area contributed by atoms with Crippen molar-refractivity contribution in [2.75, 3.05) is 20.3 Å². The molecule has 0 unspecified atom stereocenters. The standard InChI is InChI=1S/C27H22ClNO6S/c1-17-4-3-5-21(14-17)34-13-12-29-25(30)24(36-27(29)32)16-18-6-11-22(33-2)23(15-18)35-26(31)19-7-9-20(28)10-8-19/h3-11,14-16H,12-13H2,1-2H3/b24-16-. The van der Waals surface area contributed by atoms with Gasteiger partial charge in [0.2, 0.25) is 0 Å². The van der Waals surface area contributed by atoms with Crippen LogP contribution in [-0.2, 0) is 4.79 Å². The molecule has 3 aromatic carbocycles. The summed E-state index contributed by atoms with van der Waals surface area (Å²) in [7, 11) is 1.46. The van der Waals surface area contributed by atoms with Crippen LogP contribution in [-0.4, -0.2) is 42.3 Å². The van der Waals surface area contributed by atoms with Crippen molar-refractivity contribution in [2.24, 2.45) is 0 Å². The van der Waals surface area contributed by atoms with Gasteiger partial charge in [0.05, 0.1) is 24.1 Å². The Labute approximate surface area is 217 Å². The monoisotopic (exact) mass is 523 g/mol. The highest BCUT2D eigenvalue weighted by atomic mass is 35.5. The fourth-order valence-corrected chi connectivity index (χ4v) is 4.40. The van der Waals surface area contributed by atoms with Crippen LogP contribution in [0.2, 0.25) is 5.02 Å². The van der Waals surface area contributed by atoms with Crippen molar-refractivity contribution >= 4 is 46.6 Å². The molecule has 0 atom stereocenters. The first-order valence-corrected chi connectivity index (χ1v) is 12.1. The summed E-state index contributed by atoms with van der Waals surface area (Å²) in [6.07, 6.45) is 1.57. The van der Waals surface area contributed by atoms with Crippen LogP contribution in [0.5, 0.6) is 17.2 Å². The average molecular weight is 524 g/mol. The normalized spacial score (nSPS) is 14.3. The lowest BCUT2D eigenvalue weighted by Crippen LogP contribution is -2.32. The molecule has 1 heterocycles. The van der Waals surface area contributed by atoms with E-state index in [0.717, 1.165) is 22.2 Å². The Balaban J connectivity index is 1.45. The lowest BCUT2D eigenvalue weighted by Gasteiger charge is -2.13. The first kappa shape index (κ1) is 25.3. The zero-order valence-electron chi connectivity index (χ0n) is 19.5. The Kier molecular flexibility index (Phi) is 7.97. The molecule has 0 radical (unpaired) electrons. The van der Waals surface area contributed by atoms with Crippen LogP contribution in [0.4, 0.5) is 4.79 Å². The van der Waals surface area contributed by atoms with Gasteiger partial charge >= 0.3 is 5.97 Å². The van der Waals surface area contributed by atoms with E-state index in [9.17, 15) is 14.4 Å². The number of benzene rings is 3. The number of methoxy groups -OCH3 is 1. The van der Waals surface area contributed by atoms with E-state index in [1.807, 2.05) is 31.2 Å². The van der Waals surface area contributed by atoms with Crippen molar-refractivity contribution in [2.45, 2.75) is 6.92 Å². The molecule has 3 aromatic rings. The summed E-state index contributed by atoms with van der Waals surface area (Å²) in [5.74, 6) is 0.202. The van der Waals surface area contributed by atoms with Crippen LogP contribution in [0.15, 0.2) is 71.6 Å². The van der Waals surface area contributed by atoms with Gasteiger partial charge in [0, 0.05) is 5.02 Å². The second-order valence-electron chi connectivity index (χ2n) is 7.81. The predicted molar refractivity (Wildman–Crippen MR) is 139 cm³/mol. The van der Waals surface area contributed by atoms with Crippen molar-refractivity contribution in [1.82, 2.24) is 4.90 Å². The molecule has 184 valence electrons. The number of nitrogens with zero attached hydrogens (tertiary/aromatic N) is 1. The fraction of sp³-hybridized carbons (Fsp3) is 0.148. The summed E-state index contributed by atoms with van der Waals surface area (Å²) in [5, 5.41) is 0.129. The Morgan fingerprint density at radius 1 is 1.03 bits per heavy atom. The third-order valence-corrected chi connectivity index (χ3v) is 6.37. The van der Waals surface area contributed by atoms with E-state index in [-0.39, 0.29) is 29.0 Å². The molecule has 1 saturated heterocycles. The molecule has 1 aliphatic heterocycles. The number of esters is 1. The van der Waals surface area contributed by atoms with Gasteiger partial charge in [-0.15, -0.1) is 0 Å². The zero-order chi connectivity index (χ0) is 25.7. The van der Waals surface area contributed by atoms with Crippen LogP contribution in [0.25, 0.3) is 6.08 Å². The summed E-state index contributed by atoms with van der Waals surface area (Å²) in [6, 6.07) is 18.7. The predicted octanol–water partition coefficient (Wildman–Crippen LogP) is 5.99. The SMILES string of the molecule is COc1ccc(/C=C2\SC(=O)N(CCOc3cccc(C)c3)C2=O)cc1OC(=O)c1ccc(Cl)cc1. The Bertz CT molecular complexity index is 1340. The minimum atomic E-state index is -0.587. The third-order valence-electron chi connectivity index (χ3n) is 5.21. The number of imide groups is 1. The first-order chi connectivity index (χ1) is 17.3. The molecule has 0 aromatic heterocycles. The second kappa shape index (κ2) is 11.3. The van der Waals surface area contributed by atoms with Crippen LogP contribution >= 0.6 is 23.4 Å². The lowest BCUT2D eigenvalue weighted by atomic mass is 10.1. The summed E-state index contributed by atoms with van der Waals surface area (Å²) >= 11 is 6.72. The summed E-state index contributed by atoms with van der Waals surface area (Å²) in [5.41, 5.74) is 1.94. The van der Waals surface area contributed by atoms with Crippen molar-refractivity contribution in [1.29, 1.82) is 0 Å². The molecular formula is C27H22ClNO6S. The first-order valence-electron chi connectivity index (χ1n) is 10.9. The molecule has 0 saturated carbocycles. The molecule has 4 rings (SSSR count). The van der Waals surface area contributed by atoms with Crippen molar-refractivity contribution in [3.05, 3.63) is 93.3 Å². The number of carbonyl (C=O) groups excluding carboxylic acids is 3. The lowest BCUT2D eigenvalue weighted by molar-refractivity contribution is -0.123. The minimum absolute atomic E-state index is 0.127. The van der Waals surface area contributed by atoms with E-state index < -0.39 is 11.9 Å². The van der Waals surface area contributed by atoms with Crippen LogP contribution in [0, 0.1) is 6.92 Å². The third kappa shape index (κ3) is 6.08. The van der Waals surface area contributed by atoms with Crippen LogP contribution in [0.1, 0.15) is 21.5 Å². The smallest absolute Gasteiger partial charge is 0.343 e. The number of hydrogen-bond acceptors (Lipinski definition) is 7. The van der Waals surface area contributed by atoms with E-state index in [4.69, 9.17) is 25.8 Å². The number of thioether (sulfide) groups is 1. The molecule has 1 fully saturated rings. The van der Waals surface area contributed by atoms with E-state index in [1.54, 1.807) is 48.5 Å². The number of hydrogen-bond donors (Lipinski definition) is 0. The molecular weight excluding hydrogens is 502 g/mol. The molecule has 1 aliphatic rings. The summed E-state index contributed by atoms with van der Waals surface area (Å²) < 4.78 is 16.5. The quantitative estimate of drug-likeness (QED) is 0.204.